The Morgan fingerprint density at radius 3 is 2.54 bits per heavy atom. The van der Waals surface area contributed by atoms with Gasteiger partial charge in [-0.1, -0.05) is 24.4 Å². The molecule has 5 nitrogen and oxygen atoms in total. The van der Waals surface area contributed by atoms with Gasteiger partial charge in [-0.15, -0.1) is 24.8 Å². The Balaban J connectivity index is 0.00000121. The highest BCUT2D eigenvalue weighted by Gasteiger charge is 2.41. The van der Waals surface area contributed by atoms with Gasteiger partial charge in [0.15, 0.2) is 11.5 Å². The van der Waals surface area contributed by atoms with E-state index in [9.17, 15) is 4.79 Å². The number of oxazole rings is 1. The SMILES string of the molecule is Cl.Cl.NC1(C(=O)N2CCC(c3nc4cc(Cl)ccc4o3)CC2)CCCC1. The lowest BCUT2D eigenvalue weighted by atomic mass is 9.92. The summed E-state index contributed by atoms with van der Waals surface area (Å²) < 4.78 is 5.88. The second-order valence-corrected chi connectivity index (χ2v) is 7.53. The Bertz CT molecular complexity index is 766. The van der Waals surface area contributed by atoms with E-state index in [1.807, 2.05) is 23.1 Å². The standard InChI is InChI=1S/C18H22ClN3O2.2ClH/c19-13-3-4-15-14(11-13)21-16(24-15)12-5-9-22(10-6-12)17(23)18(20)7-1-2-8-18;;/h3-4,11-12H,1-2,5-10,20H2;2*1H. The molecule has 2 N–H and O–H groups in total. The van der Waals surface area contributed by atoms with Crippen LogP contribution in [-0.4, -0.2) is 34.4 Å². The first-order chi connectivity index (χ1) is 11.5. The zero-order valence-electron chi connectivity index (χ0n) is 14.4. The molecule has 8 heteroatoms. The molecule has 1 aliphatic carbocycles. The second-order valence-electron chi connectivity index (χ2n) is 7.09. The van der Waals surface area contributed by atoms with Crippen molar-refractivity contribution in [2.75, 3.05) is 13.1 Å². The summed E-state index contributed by atoms with van der Waals surface area (Å²) in [5.74, 6) is 1.13. The van der Waals surface area contributed by atoms with E-state index in [1.165, 1.54) is 0 Å². The number of nitrogens with zero attached hydrogens (tertiary/aromatic N) is 2. The number of aromatic nitrogens is 1. The highest BCUT2D eigenvalue weighted by Crippen LogP contribution is 2.34. The summed E-state index contributed by atoms with van der Waals surface area (Å²) in [4.78, 5) is 19.2. The van der Waals surface area contributed by atoms with Gasteiger partial charge in [0.25, 0.3) is 0 Å². The maximum absolute atomic E-state index is 12.7. The number of amides is 1. The molecule has 1 aliphatic heterocycles. The summed E-state index contributed by atoms with van der Waals surface area (Å²) in [6.07, 6.45) is 5.48. The fraction of sp³-hybridized carbons (Fsp3) is 0.556. The van der Waals surface area contributed by atoms with Gasteiger partial charge >= 0.3 is 0 Å². The molecule has 0 spiro atoms. The molecule has 0 radical (unpaired) electrons. The van der Waals surface area contributed by atoms with Crippen LogP contribution in [0.15, 0.2) is 22.6 Å². The van der Waals surface area contributed by atoms with Crippen LogP contribution in [0.25, 0.3) is 11.1 Å². The van der Waals surface area contributed by atoms with Crippen molar-refractivity contribution < 1.29 is 9.21 Å². The summed E-state index contributed by atoms with van der Waals surface area (Å²) in [5.41, 5.74) is 7.24. The number of carbonyl (C=O) groups is 1. The number of halogens is 3. The third-order valence-corrected chi connectivity index (χ3v) is 5.65. The van der Waals surface area contributed by atoms with Crippen molar-refractivity contribution >= 4 is 53.4 Å². The van der Waals surface area contributed by atoms with E-state index < -0.39 is 5.54 Å². The van der Waals surface area contributed by atoms with Crippen LogP contribution >= 0.6 is 36.4 Å². The third-order valence-electron chi connectivity index (χ3n) is 5.42. The molecule has 0 unspecified atom stereocenters. The number of rotatable bonds is 2. The van der Waals surface area contributed by atoms with Gasteiger partial charge in [-0.05, 0) is 43.9 Å². The summed E-state index contributed by atoms with van der Waals surface area (Å²) in [6.45, 7) is 1.45. The first kappa shape index (κ1) is 21.3. The zero-order valence-corrected chi connectivity index (χ0v) is 16.8. The number of nitrogens with two attached hydrogens (primary N) is 1. The maximum Gasteiger partial charge on any atom is 0.242 e. The van der Waals surface area contributed by atoms with Crippen molar-refractivity contribution in [1.29, 1.82) is 0 Å². The zero-order chi connectivity index (χ0) is 16.7. The van der Waals surface area contributed by atoms with Gasteiger partial charge in [-0.2, -0.15) is 0 Å². The van der Waals surface area contributed by atoms with E-state index in [-0.39, 0.29) is 36.6 Å². The van der Waals surface area contributed by atoms with Gasteiger partial charge in [0.05, 0.1) is 5.54 Å². The van der Waals surface area contributed by atoms with Gasteiger partial charge in [0.2, 0.25) is 5.91 Å². The Morgan fingerprint density at radius 1 is 1.23 bits per heavy atom. The van der Waals surface area contributed by atoms with Crippen LogP contribution in [0.4, 0.5) is 0 Å². The average molecular weight is 421 g/mol. The molecule has 1 saturated heterocycles. The minimum atomic E-state index is -0.624. The Hall–Kier alpha value is -1.01. The van der Waals surface area contributed by atoms with Crippen LogP contribution in [0.1, 0.15) is 50.3 Å². The summed E-state index contributed by atoms with van der Waals surface area (Å²) in [5, 5.41) is 0.660. The normalized spacial score (nSPS) is 19.8. The lowest BCUT2D eigenvalue weighted by Gasteiger charge is -2.36. The number of piperidine rings is 1. The molecule has 2 fully saturated rings. The van der Waals surface area contributed by atoms with Gasteiger partial charge in [-0.25, -0.2) is 4.98 Å². The highest BCUT2D eigenvalue weighted by molar-refractivity contribution is 6.31. The van der Waals surface area contributed by atoms with Crippen molar-refractivity contribution in [3.8, 4) is 0 Å². The summed E-state index contributed by atoms with van der Waals surface area (Å²) >= 11 is 6.01. The largest absolute Gasteiger partial charge is 0.440 e. The second kappa shape index (κ2) is 8.34. The quantitative estimate of drug-likeness (QED) is 0.786. The molecule has 1 saturated carbocycles. The number of likely N-dealkylation sites (tertiary alicyclic amines) is 1. The topological polar surface area (TPSA) is 72.4 Å². The average Bonchev–Trinajstić information content (AvgIpc) is 3.21. The Morgan fingerprint density at radius 2 is 1.88 bits per heavy atom. The van der Waals surface area contributed by atoms with Crippen molar-refractivity contribution in [3.63, 3.8) is 0 Å². The predicted molar refractivity (Wildman–Crippen MR) is 107 cm³/mol. The molecule has 0 atom stereocenters. The van der Waals surface area contributed by atoms with Crippen LogP contribution in [0.5, 0.6) is 0 Å². The fourth-order valence-corrected chi connectivity index (χ4v) is 4.12. The molecule has 2 aromatic rings. The van der Waals surface area contributed by atoms with Crippen molar-refractivity contribution in [2.45, 2.75) is 50.0 Å². The lowest BCUT2D eigenvalue weighted by Crippen LogP contribution is -2.55. The van der Waals surface area contributed by atoms with Crippen molar-refractivity contribution in [2.24, 2.45) is 5.73 Å². The third kappa shape index (κ3) is 3.96. The summed E-state index contributed by atoms with van der Waals surface area (Å²) in [7, 11) is 0. The fourth-order valence-electron chi connectivity index (χ4n) is 3.96. The first-order valence-electron chi connectivity index (χ1n) is 8.69. The molecule has 144 valence electrons. The number of hydrogen-bond donors (Lipinski definition) is 1. The van der Waals surface area contributed by atoms with E-state index in [1.54, 1.807) is 0 Å². The van der Waals surface area contributed by atoms with E-state index in [4.69, 9.17) is 21.8 Å². The Labute approximate surface area is 170 Å². The minimum absolute atomic E-state index is 0. The number of hydrogen-bond acceptors (Lipinski definition) is 4. The first-order valence-corrected chi connectivity index (χ1v) is 9.07. The van der Waals surface area contributed by atoms with Crippen LogP contribution in [0, 0.1) is 0 Å². The number of fused-ring (bicyclic) bond motifs is 1. The Kier molecular flexibility index (Phi) is 6.83. The van der Waals surface area contributed by atoms with Crippen molar-refractivity contribution in [3.05, 3.63) is 29.1 Å². The van der Waals surface area contributed by atoms with Crippen LogP contribution in [0.2, 0.25) is 5.02 Å². The highest BCUT2D eigenvalue weighted by atomic mass is 35.5. The van der Waals surface area contributed by atoms with Gasteiger partial charge in [0, 0.05) is 24.0 Å². The molecule has 1 aromatic carbocycles. The van der Waals surface area contributed by atoms with Gasteiger partial charge in [0.1, 0.15) is 5.52 Å². The number of carbonyl (C=O) groups excluding carboxylic acids is 1. The van der Waals surface area contributed by atoms with Crippen LogP contribution < -0.4 is 5.73 Å². The van der Waals surface area contributed by atoms with E-state index >= 15 is 0 Å². The lowest BCUT2D eigenvalue weighted by molar-refractivity contribution is -0.138. The van der Waals surface area contributed by atoms with Crippen molar-refractivity contribution in [1.82, 2.24) is 9.88 Å². The molecule has 4 rings (SSSR count). The predicted octanol–water partition coefficient (Wildman–Crippen LogP) is 4.30. The molecule has 1 amide bonds. The van der Waals surface area contributed by atoms with Gasteiger partial charge in [-0.3, -0.25) is 4.79 Å². The molecule has 0 bridgehead atoms. The van der Waals surface area contributed by atoms with E-state index in [2.05, 4.69) is 4.98 Å². The van der Waals surface area contributed by atoms with Crippen LogP contribution in [-0.2, 0) is 4.79 Å². The molecule has 26 heavy (non-hydrogen) atoms. The van der Waals surface area contributed by atoms with Gasteiger partial charge < -0.3 is 15.1 Å². The molecule has 2 heterocycles. The van der Waals surface area contributed by atoms with Crippen LogP contribution in [0.3, 0.4) is 0 Å². The smallest absolute Gasteiger partial charge is 0.242 e. The minimum Gasteiger partial charge on any atom is -0.440 e. The summed E-state index contributed by atoms with van der Waals surface area (Å²) in [6, 6.07) is 5.48. The maximum atomic E-state index is 12.7. The molecule has 1 aromatic heterocycles. The number of benzene rings is 1. The van der Waals surface area contributed by atoms with E-state index in [0.29, 0.717) is 5.02 Å². The molecular formula is C18H24Cl3N3O2. The van der Waals surface area contributed by atoms with E-state index in [0.717, 1.165) is 68.6 Å². The molecule has 2 aliphatic rings. The monoisotopic (exact) mass is 419 g/mol. The molecular weight excluding hydrogens is 397 g/mol.